The van der Waals surface area contributed by atoms with Crippen LogP contribution >= 0.6 is 0 Å². The number of nitrogens with one attached hydrogen (secondary N) is 2. The molecule has 1 atom stereocenters. The van der Waals surface area contributed by atoms with Gasteiger partial charge < -0.3 is 5.32 Å². The smallest absolute Gasteiger partial charge is 0.243 e. The summed E-state index contributed by atoms with van der Waals surface area (Å²) < 4.78 is 24.0. The van der Waals surface area contributed by atoms with E-state index >= 15 is 0 Å². The fraction of sp³-hybridized carbons (Fsp3) is 0.625. The molecule has 0 bridgehead atoms. The molecule has 0 radical (unpaired) electrons. The molecule has 1 saturated heterocycles. The van der Waals surface area contributed by atoms with E-state index in [0.29, 0.717) is 19.4 Å². The van der Waals surface area contributed by atoms with Crippen molar-refractivity contribution in [3.05, 3.63) is 6.33 Å². The number of H-pyrrole nitrogens is 1. The maximum atomic E-state index is 12.0. The number of aromatic amines is 1. The summed E-state index contributed by atoms with van der Waals surface area (Å²) in [7, 11) is -3.73. The van der Waals surface area contributed by atoms with Crippen molar-refractivity contribution >= 4 is 15.7 Å². The standard InChI is InChI=1S/C8H12N4O3S/c13-7-6(3-1-2-4-9-7)16(14,15)8-10-5-11-12-8/h5-6H,1-4H2,(H,9,13)(H,10,11,12). The molecule has 2 heterocycles. The van der Waals surface area contributed by atoms with Crippen LogP contribution in [-0.4, -0.2) is 41.3 Å². The van der Waals surface area contributed by atoms with Crippen molar-refractivity contribution in [2.75, 3.05) is 6.54 Å². The number of carbonyl (C=O) groups excluding carboxylic acids is 1. The van der Waals surface area contributed by atoms with E-state index in [1.165, 1.54) is 0 Å². The number of carbonyl (C=O) groups is 1. The van der Waals surface area contributed by atoms with Crippen LogP contribution in [0.1, 0.15) is 19.3 Å². The Morgan fingerprint density at radius 1 is 1.38 bits per heavy atom. The molecule has 0 aromatic carbocycles. The van der Waals surface area contributed by atoms with Crippen molar-refractivity contribution in [3.8, 4) is 0 Å². The van der Waals surface area contributed by atoms with Crippen molar-refractivity contribution in [1.29, 1.82) is 0 Å². The number of hydrogen-bond donors (Lipinski definition) is 2. The van der Waals surface area contributed by atoms with E-state index in [0.717, 1.165) is 12.7 Å². The Bertz CT molecular complexity index is 467. The Morgan fingerprint density at radius 2 is 2.19 bits per heavy atom. The minimum absolute atomic E-state index is 0.241. The van der Waals surface area contributed by atoms with Gasteiger partial charge in [0.05, 0.1) is 0 Å². The molecule has 0 saturated carbocycles. The SMILES string of the molecule is O=C1NCCCCC1S(=O)(=O)c1ncn[nH]1. The van der Waals surface area contributed by atoms with Crippen LogP contribution in [0.2, 0.25) is 0 Å². The van der Waals surface area contributed by atoms with Gasteiger partial charge in [-0.15, -0.1) is 0 Å². The molecule has 1 aliphatic heterocycles. The molecule has 0 spiro atoms. The number of hydrogen-bond acceptors (Lipinski definition) is 5. The summed E-state index contributed by atoms with van der Waals surface area (Å²) in [5, 5.41) is 7.06. The third kappa shape index (κ3) is 1.92. The second-order valence-electron chi connectivity index (χ2n) is 3.61. The van der Waals surface area contributed by atoms with E-state index in [2.05, 4.69) is 20.5 Å². The first kappa shape index (κ1) is 11.1. The van der Waals surface area contributed by atoms with Crippen LogP contribution in [0, 0.1) is 0 Å². The lowest BCUT2D eigenvalue weighted by Crippen LogP contribution is -2.38. The van der Waals surface area contributed by atoms with Crippen LogP contribution in [0.4, 0.5) is 0 Å². The van der Waals surface area contributed by atoms with Crippen LogP contribution < -0.4 is 5.32 Å². The zero-order valence-electron chi connectivity index (χ0n) is 8.51. The summed E-state index contributed by atoms with van der Waals surface area (Å²) in [5.74, 6) is -0.450. The summed E-state index contributed by atoms with van der Waals surface area (Å²) in [6.07, 6.45) is 2.95. The molecule has 1 aromatic rings. The van der Waals surface area contributed by atoms with E-state index in [1.807, 2.05) is 0 Å². The lowest BCUT2D eigenvalue weighted by Gasteiger charge is -2.11. The monoisotopic (exact) mass is 244 g/mol. The van der Waals surface area contributed by atoms with Crippen LogP contribution in [0.15, 0.2) is 11.5 Å². The Balaban J connectivity index is 2.32. The third-order valence-electron chi connectivity index (χ3n) is 2.52. The topological polar surface area (TPSA) is 105 Å². The molecule has 1 aliphatic rings. The van der Waals surface area contributed by atoms with E-state index in [4.69, 9.17) is 0 Å². The van der Waals surface area contributed by atoms with Gasteiger partial charge in [-0.25, -0.2) is 13.4 Å². The zero-order valence-corrected chi connectivity index (χ0v) is 9.33. The molecule has 16 heavy (non-hydrogen) atoms. The van der Waals surface area contributed by atoms with Crippen molar-refractivity contribution in [2.45, 2.75) is 29.7 Å². The van der Waals surface area contributed by atoms with Crippen molar-refractivity contribution < 1.29 is 13.2 Å². The summed E-state index contributed by atoms with van der Waals surface area (Å²) in [6, 6.07) is 0. The first-order valence-corrected chi connectivity index (χ1v) is 6.54. The number of nitrogens with zero attached hydrogens (tertiary/aromatic N) is 2. The van der Waals surface area contributed by atoms with E-state index in [1.54, 1.807) is 0 Å². The first-order chi connectivity index (χ1) is 7.62. The molecular weight excluding hydrogens is 232 g/mol. The number of amides is 1. The Hall–Kier alpha value is -1.44. The van der Waals surface area contributed by atoms with Gasteiger partial charge in [0.2, 0.25) is 20.9 Å². The largest absolute Gasteiger partial charge is 0.355 e. The predicted molar refractivity (Wildman–Crippen MR) is 54.2 cm³/mol. The molecule has 0 aliphatic carbocycles. The van der Waals surface area contributed by atoms with Crippen LogP contribution in [-0.2, 0) is 14.6 Å². The average molecular weight is 244 g/mol. The molecule has 1 amide bonds. The van der Waals surface area contributed by atoms with Gasteiger partial charge in [0.25, 0.3) is 0 Å². The molecule has 1 fully saturated rings. The molecule has 8 heteroatoms. The normalized spacial score (nSPS) is 22.5. The van der Waals surface area contributed by atoms with Crippen LogP contribution in [0.25, 0.3) is 0 Å². The number of rotatable bonds is 2. The summed E-state index contributed by atoms with van der Waals surface area (Å²) in [5.41, 5.74) is 0. The number of sulfone groups is 1. The first-order valence-electron chi connectivity index (χ1n) is 4.99. The molecule has 1 unspecified atom stereocenters. The quantitative estimate of drug-likeness (QED) is 0.712. The zero-order chi connectivity index (χ0) is 11.6. The van der Waals surface area contributed by atoms with Gasteiger partial charge in [-0.2, -0.15) is 5.10 Å². The maximum absolute atomic E-state index is 12.0. The highest BCUT2D eigenvalue weighted by atomic mass is 32.2. The fourth-order valence-corrected chi connectivity index (χ4v) is 3.16. The third-order valence-corrected chi connectivity index (χ3v) is 4.46. The molecular formula is C8H12N4O3S. The van der Waals surface area contributed by atoms with Gasteiger partial charge in [0, 0.05) is 6.54 Å². The van der Waals surface area contributed by atoms with Gasteiger partial charge in [-0.3, -0.25) is 9.89 Å². The minimum Gasteiger partial charge on any atom is -0.355 e. The molecule has 7 nitrogen and oxygen atoms in total. The summed E-state index contributed by atoms with van der Waals surface area (Å²) in [6.45, 7) is 0.529. The number of aromatic nitrogens is 3. The molecule has 88 valence electrons. The second kappa shape index (κ2) is 4.20. The van der Waals surface area contributed by atoms with Crippen molar-refractivity contribution in [1.82, 2.24) is 20.5 Å². The van der Waals surface area contributed by atoms with Gasteiger partial charge in [0.15, 0.2) is 0 Å². The lowest BCUT2D eigenvalue weighted by molar-refractivity contribution is -0.120. The maximum Gasteiger partial charge on any atom is 0.243 e. The Kier molecular flexibility index (Phi) is 2.90. The minimum atomic E-state index is -3.73. The second-order valence-corrected chi connectivity index (χ2v) is 5.66. The van der Waals surface area contributed by atoms with Crippen molar-refractivity contribution in [3.63, 3.8) is 0 Å². The van der Waals surface area contributed by atoms with E-state index in [-0.39, 0.29) is 5.16 Å². The highest BCUT2D eigenvalue weighted by Crippen LogP contribution is 2.18. The van der Waals surface area contributed by atoms with Gasteiger partial charge in [0.1, 0.15) is 11.6 Å². The van der Waals surface area contributed by atoms with Crippen LogP contribution in [0.3, 0.4) is 0 Å². The summed E-state index contributed by atoms with van der Waals surface area (Å²) >= 11 is 0. The lowest BCUT2D eigenvalue weighted by atomic mass is 10.2. The van der Waals surface area contributed by atoms with E-state index in [9.17, 15) is 13.2 Å². The highest BCUT2D eigenvalue weighted by Gasteiger charge is 2.36. The molecule has 1 aromatic heterocycles. The predicted octanol–water partition coefficient (Wildman–Crippen LogP) is -0.753. The Morgan fingerprint density at radius 3 is 2.88 bits per heavy atom. The van der Waals surface area contributed by atoms with Crippen LogP contribution in [0.5, 0.6) is 0 Å². The van der Waals surface area contributed by atoms with Crippen molar-refractivity contribution in [2.24, 2.45) is 0 Å². The summed E-state index contributed by atoms with van der Waals surface area (Å²) in [4.78, 5) is 15.2. The fourth-order valence-electron chi connectivity index (χ4n) is 1.67. The van der Waals surface area contributed by atoms with Gasteiger partial charge in [-0.1, -0.05) is 0 Å². The van der Waals surface area contributed by atoms with E-state index < -0.39 is 21.0 Å². The molecule has 2 rings (SSSR count). The van der Waals surface area contributed by atoms with Gasteiger partial charge >= 0.3 is 0 Å². The highest BCUT2D eigenvalue weighted by molar-refractivity contribution is 7.92. The average Bonchev–Trinajstić information content (AvgIpc) is 2.69. The Labute approximate surface area is 92.6 Å². The molecule has 2 N–H and O–H groups in total. The van der Waals surface area contributed by atoms with Gasteiger partial charge in [-0.05, 0) is 19.3 Å².